The molecule has 1 atom stereocenters. The standard InChI is InChI=1S/C27H28N2O3S/c1-3-32-25-14-13-19(15-26(25)31-2)22(23-17-28-24-12-8-7-11-21(23)24)16-29-27(30)18-33-20-9-5-4-6-10-20/h4-15,17,22,28H,3,16,18H2,1-2H3,(H,29,30). The average Bonchev–Trinajstić information content (AvgIpc) is 3.28. The summed E-state index contributed by atoms with van der Waals surface area (Å²) < 4.78 is 11.3. The van der Waals surface area contributed by atoms with Crippen molar-refractivity contribution in [3.05, 3.63) is 90.1 Å². The lowest BCUT2D eigenvalue weighted by Gasteiger charge is -2.20. The second-order valence-corrected chi connectivity index (χ2v) is 8.64. The van der Waals surface area contributed by atoms with Gasteiger partial charge in [-0.15, -0.1) is 11.8 Å². The van der Waals surface area contributed by atoms with Gasteiger partial charge in [-0.05, 0) is 48.4 Å². The molecule has 6 heteroatoms. The molecule has 1 heterocycles. The Hall–Kier alpha value is -3.38. The smallest absolute Gasteiger partial charge is 0.230 e. The van der Waals surface area contributed by atoms with Crippen LogP contribution < -0.4 is 14.8 Å². The molecule has 0 saturated carbocycles. The third-order valence-electron chi connectivity index (χ3n) is 5.50. The van der Waals surface area contributed by atoms with Gasteiger partial charge in [-0.2, -0.15) is 0 Å². The number of hydrogen-bond acceptors (Lipinski definition) is 4. The number of fused-ring (bicyclic) bond motifs is 1. The van der Waals surface area contributed by atoms with Crippen LogP contribution in [0.3, 0.4) is 0 Å². The molecule has 4 rings (SSSR count). The van der Waals surface area contributed by atoms with Crippen molar-refractivity contribution in [1.29, 1.82) is 0 Å². The number of nitrogens with one attached hydrogen (secondary N) is 2. The summed E-state index contributed by atoms with van der Waals surface area (Å²) in [5.74, 6) is 1.73. The van der Waals surface area contributed by atoms with Gasteiger partial charge in [0.25, 0.3) is 0 Å². The number of H-pyrrole nitrogens is 1. The predicted molar refractivity (Wildman–Crippen MR) is 134 cm³/mol. The van der Waals surface area contributed by atoms with Crippen LogP contribution in [0.25, 0.3) is 10.9 Å². The molecule has 3 aromatic carbocycles. The van der Waals surface area contributed by atoms with Gasteiger partial charge in [0.05, 0.1) is 19.5 Å². The molecule has 170 valence electrons. The summed E-state index contributed by atoms with van der Waals surface area (Å²) in [5.41, 5.74) is 3.25. The molecule has 0 saturated heterocycles. The highest BCUT2D eigenvalue weighted by Gasteiger charge is 2.21. The van der Waals surface area contributed by atoms with Crippen molar-refractivity contribution in [2.45, 2.75) is 17.7 Å². The van der Waals surface area contributed by atoms with Crippen LogP contribution in [0.1, 0.15) is 24.0 Å². The maximum absolute atomic E-state index is 12.7. The minimum absolute atomic E-state index is 0.00611. The number of aromatic amines is 1. The molecule has 1 aromatic heterocycles. The molecule has 2 N–H and O–H groups in total. The highest BCUT2D eigenvalue weighted by Crippen LogP contribution is 2.36. The van der Waals surface area contributed by atoms with E-state index in [1.54, 1.807) is 7.11 Å². The van der Waals surface area contributed by atoms with Crippen molar-refractivity contribution in [2.75, 3.05) is 26.0 Å². The Kier molecular flexibility index (Phi) is 7.58. The third kappa shape index (κ3) is 5.52. The maximum atomic E-state index is 12.7. The number of carbonyl (C=O) groups is 1. The molecule has 1 amide bonds. The fourth-order valence-corrected chi connectivity index (χ4v) is 4.65. The van der Waals surface area contributed by atoms with E-state index in [0.29, 0.717) is 30.4 Å². The molecule has 33 heavy (non-hydrogen) atoms. The number of benzene rings is 3. The Morgan fingerprint density at radius 2 is 1.82 bits per heavy atom. The molecule has 1 unspecified atom stereocenters. The van der Waals surface area contributed by atoms with Crippen LogP contribution in [0.15, 0.2) is 83.9 Å². The SMILES string of the molecule is CCOc1ccc(C(CNC(=O)CSc2ccccc2)c2c[nH]c3ccccc23)cc1OC. The van der Waals surface area contributed by atoms with Crippen molar-refractivity contribution in [1.82, 2.24) is 10.3 Å². The van der Waals surface area contributed by atoms with Gasteiger partial charge in [0.2, 0.25) is 5.91 Å². The summed E-state index contributed by atoms with van der Waals surface area (Å²) in [5, 5.41) is 4.28. The van der Waals surface area contributed by atoms with Crippen molar-refractivity contribution >= 4 is 28.6 Å². The van der Waals surface area contributed by atoms with Crippen LogP contribution >= 0.6 is 11.8 Å². The molecule has 5 nitrogen and oxygen atoms in total. The molecule has 0 aliphatic rings. The van der Waals surface area contributed by atoms with Gasteiger partial charge in [-0.1, -0.05) is 42.5 Å². The van der Waals surface area contributed by atoms with Crippen molar-refractivity contribution in [3.63, 3.8) is 0 Å². The summed E-state index contributed by atoms with van der Waals surface area (Å²) in [6.07, 6.45) is 2.03. The molecule has 0 aliphatic heterocycles. The largest absolute Gasteiger partial charge is 0.493 e. The fraction of sp³-hybridized carbons (Fsp3) is 0.222. The van der Waals surface area contributed by atoms with Crippen LogP contribution in [-0.4, -0.2) is 36.9 Å². The highest BCUT2D eigenvalue weighted by molar-refractivity contribution is 8.00. The number of rotatable bonds is 10. The van der Waals surface area contributed by atoms with E-state index in [4.69, 9.17) is 9.47 Å². The van der Waals surface area contributed by atoms with Gasteiger partial charge in [0, 0.05) is 34.5 Å². The summed E-state index contributed by atoms with van der Waals surface area (Å²) in [4.78, 5) is 17.1. The van der Waals surface area contributed by atoms with Crippen LogP contribution in [0.2, 0.25) is 0 Å². The molecule has 0 aliphatic carbocycles. The first-order valence-electron chi connectivity index (χ1n) is 11.0. The van der Waals surface area contributed by atoms with Gasteiger partial charge >= 0.3 is 0 Å². The zero-order valence-corrected chi connectivity index (χ0v) is 19.7. The first kappa shape index (κ1) is 22.8. The molecule has 0 bridgehead atoms. The molecule has 0 radical (unpaired) electrons. The number of aromatic nitrogens is 1. The van der Waals surface area contributed by atoms with E-state index in [2.05, 4.69) is 22.4 Å². The van der Waals surface area contributed by atoms with Gasteiger partial charge in [0.1, 0.15) is 0 Å². The predicted octanol–water partition coefficient (Wildman–Crippen LogP) is 5.62. The van der Waals surface area contributed by atoms with Crippen molar-refractivity contribution in [2.24, 2.45) is 0 Å². The lowest BCUT2D eigenvalue weighted by atomic mass is 9.90. The number of hydrogen-bond donors (Lipinski definition) is 2. The number of thioether (sulfide) groups is 1. The Morgan fingerprint density at radius 3 is 2.61 bits per heavy atom. The molecule has 4 aromatic rings. The molecular weight excluding hydrogens is 432 g/mol. The number of ether oxygens (including phenoxy) is 2. The second kappa shape index (κ2) is 11.0. The number of amides is 1. The zero-order valence-electron chi connectivity index (χ0n) is 18.8. The van der Waals surface area contributed by atoms with Gasteiger partial charge in [0.15, 0.2) is 11.5 Å². The fourth-order valence-electron chi connectivity index (χ4n) is 3.90. The number of methoxy groups -OCH3 is 1. The lowest BCUT2D eigenvalue weighted by Crippen LogP contribution is -2.30. The van der Waals surface area contributed by atoms with Crippen LogP contribution in [0.5, 0.6) is 11.5 Å². The van der Waals surface area contributed by atoms with Crippen molar-refractivity contribution in [3.8, 4) is 11.5 Å². The van der Waals surface area contributed by atoms with E-state index in [9.17, 15) is 4.79 Å². The second-order valence-electron chi connectivity index (χ2n) is 7.59. The van der Waals surface area contributed by atoms with E-state index < -0.39 is 0 Å². The minimum atomic E-state index is -0.0450. The van der Waals surface area contributed by atoms with E-state index in [-0.39, 0.29) is 11.8 Å². The van der Waals surface area contributed by atoms with Crippen LogP contribution in [0, 0.1) is 0 Å². The first-order chi connectivity index (χ1) is 16.2. The van der Waals surface area contributed by atoms with E-state index in [1.807, 2.05) is 73.8 Å². The van der Waals surface area contributed by atoms with Crippen molar-refractivity contribution < 1.29 is 14.3 Å². The van der Waals surface area contributed by atoms with Gasteiger partial charge < -0.3 is 19.8 Å². The molecular formula is C27H28N2O3S. The quantitative estimate of drug-likeness (QED) is 0.302. The first-order valence-corrected chi connectivity index (χ1v) is 12.0. The Morgan fingerprint density at radius 1 is 1.03 bits per heavy atom. The lowest BCUT2D eigenvalue weighted by molar-refractivity contribution is -0.118. The zero-order chi connectivity index (χ0) is 23.0. The topological polar surface area (TPSA) is 63.3 Å². The Bertz CT molecular complexity index is 1210. The Balaban J connectivity index is 1.58. The number of para-hydroxylation sites is 1. The minimum Gasteiger partial charge on any atom is -0.493 e. The van der Waals surface area contributed by atoms with E-state index in [0.717, 1.165) is 26.9 Å². The van der Waals surface area contributed by atoms with Crippen LogP contribution in [0.4, 0.5) is 0 Å². The van der Waals surface area contributed by atoms with Gasteiger partial charge in [-0.3, -0.25) is 4.79 Å². The molecule has 0 fully saturated rings. The maximum Gasteiger partial charge on any atom is 0.230 e. The summed E-state index contributed by atoms with van der Waals surface area (Å²) in [7, 11) is 1.64. The highest BCUT2D eigenvalue weighted by atomic mass is 32.2. The summed E-state index contributed by atoms with van der Waals surface area (Å²) >= 11 is 1.53. The molecule has 0 spiro atoms. The average molecular weight is 461 g/mol. The normalized spacial score (nSPS) is 11.8. The van der Waals surface area contributed by atoms with Crippen LogP contribution in [-0.2, 0) is 4.79 Å². The number of carbonyl (C=O) groups excluding carboxylic acids is 1. The van der Waals surface area contributed by atoms with E-state index >= 15 is 0 Å². The van der Waals surface area contributed by atoms with Gasteiger partial charge in [-0.25, -0.2) is 0 Å². The summed E-state index contributed by atoms with van der Waals surface area (Å²) in [6.45, 7) is 3.00. The van der Waals surface area contributed by atoms with E-state index in [1.165, 1.54) is 11.8 Å². The monoisotopic (exact) mass is 460 g/mol. The third-order valence-corrected chi connectivity index (χ3v) is 6.52. The summed E-state index contributed by atoms with van der Waals surface area (Å²) in [6, 6.07) is 24.2. The Labute approximate surface area is 198 Å².